The summed E-state index contributed by atoms with van der Waals surface area (Å²) in [6.07, 6.45) is 5.22. The number of H-pyrrole nitrogens is 1. The molecular formula is C34H42FN9O2. The molecule has 5 heterocycles. The molecule has 0 radical (unpaired) electrons. The number of piperazine rings is 1. The highest BCUT2D eigenvalue weighted by atomic mass is 19.1. The fourth-order valence-electron chi connectivity index (χ4n) is 6.93. The van der Waals surface area contributed by atoms with Gasteiger partial charge >= 0.3 is 0 Å². The number of amides is 1. The Morgan fingerprint density at radius 3 is 2.41 bits per heavy atom. The first-order chi connectivity index (χ1) is 22.4. The molecule has 3 fully saturated rings. The molecule has 4 aromatic rings. The second-order valence-corrected chi connectivity index (χ2v) is 12.6. The summed E-state index contributed by atoms with van der Waals surface area (Å²) < 4.78 is 20.5. The maximum Gasteiger partial charge on any atom is 0.271 e. The average molecular weight is 628 g/mol. The number of aromatic nitrogens is 3. The van der Waals surface area contributed by atoms with E-state index in [1.807, 2.05) is 18.2 Å². The number of benzene rings is 2. The van der Waals surface area contributed by atoms with Crippen LogP contribution >= 0.6 is 0 Å². The van der Waals surface area contributed by atoms with Gasteiger partial charge < -0.3 is 35.9 Å². The van der Waals surface area contributed by atoms with Crippen LogP contribution in [0.2, 0.25) is 0 Å². The minimum atomic E-state index is -0.726. The van der Waals surface area contributed by atoms with Crippen molar-refractivity contribution >= 4 is 39.8 Å². The molecule has 242 valence electrons. The number of piperidine rings is 1. The lowest BCUT2D eigenvalue weighted by Gasteiger charge is -2.42. The first-order valence-electron chi connectivity index (χ1n) is 16.3. The highest BCUT2D eigenvalue weighted by Crippen LogP contribution is 2.36. The van der Waals surface area contributed by atoms with Crippen LogP contribution in [0.4, 0.5) is 27.4 Å². The molecule has 2 aromatic carbocycles. The van der Waals surface area contributed by atoms with Crippen LogP contribution in [0.1, 0.15) is 36.2 Å². The number of carbonyl (C=O) groups excluding carboxylic acids is 1. The molecule has 3 saturated heterocycles. The van der Waals surface area contributed by atoms with Crippen molar-refractivity contribution < 1.29 is 13.9 Å². The summed E-state index contributed by atoms with van der Waals surface area (Å²) in [5.74, 6) is -0.438. The molecule has 0 spiro atoms. The molecular weight excluding hydrogens is 585 g/mol. The van der Waals surface area contributed by atoms with E-state index in [4.69, 9.17) is 20.4 Å². The maximum absolute atomic E-state index is 15.0. The molecule has 46 heavy (non-hydrogen) atoms. The van der Waals surface area contributed by atoms with Gasteiger partial charge in [0.05, 0.1) is 0 Å². The molecule has 3 aliphatic rings. The Kier molecular flexibility index (Phi) is 8.74. The van der Waals surface area contributed by atoms with Crippen LogP contribution in [0, 0.1) is 5.82 Å². The Morgan fingerprint density at radius 1 is 0.957 bits per heavy atom. The Labute approximate surface area is 268 Å². The summed E-state index contributed by atoms with van der Waals surface area (Å²) in [6.45, 7) is 7.92. The minimum Gasteiger partial charge on any atom is -0.381 e. The quantitative estimate of drug-likeness (QED) is 0.225. The van der Waals surface area contributed by atoms with Crippen LogP contribution in [0.3, 0.4) is 0 Å². The van der Waals surface area contributed by atoms with Crippen LogP contribution in [0.25, 0.3) is 22.2 Å². The molecule has 2 aromatic heterocycles. The second kappa shape index (κ2) is 13.2. The summed E-state index contributed by atoms with van der Waals surface area (Å²) in [5, 5.41) is 7.18. The van der Waals surface area contributed by atoms with Crippen LogP contribution < -0.4 is 21.3 Å². The number of aromatic amines is 1. The number of anilines is 4. The standard InChI is InChI=1S/C34H42FN9O2/c1-42-15-17-44(18-16-42)25-9-13-43(14-10-25)24-7-5-22(6-8-24)38-34-31(32(36)45)40-30(33(41-34)39-23-11-19-46-20-12-23)26-3-2-4-28-29(26)27(35)21-37-28/h2-8,21,23,25,37H,9-20H2,1H3,(H2,36,45)(H2,38,39,41). The van der Waals surface area contributed by atoms with Gasteiger partial charge in [0.15, 0.2) is 17.3 Å². The number of ether oxygens (including phenoxy) is 1. The minimum absolute atomic E-state index is 0.0180. The van der Waals surface area contributed by atoms with Crippen molar-refractivity contribution in [1.29, 1.82) is 0 Å². The fraction of sp³-hybridized carbons (Fsp3) is 0.441. The van der Waals surface area contributed by atoms with Gasteiger partial charge in [0.25, 0.3) is 5.91 Å². The zero-order valence-electron chi connectivity index (χ0n) is 26.3. The smallest absolute Gasteiger partial charge is 0.271 e. The van der Waals surface area contributed by atoms with E-state index in [9.17, 15) is 9.18 Å². The van der Waals surface area contributed by atoms with Crippen molar-refractivity contribution in [3.05, 3.63) is 60.2 Å². The zero-order chi connectivity index (χ0) is 31.6. The van der Waals surface area contributed by atoms with E-state index in [1.54, 1.807) is 12.1 Å². The largest absolute Gasteiger partial charge is 0.381 e. The van der Waals surface area contributed by atoms with Gasteiger partial charge in [-0.2, -0.15) is 0 Å². The molecule has 12 heteroatoms. The van der Waals surface area contributed by atoms with Crippen molar-refractivity contribution in [1.82, 2.24) is 24.8 Å². The summed E-state index contributed by atoms with van der Waals surface area (Å²) >= 11 is 0. The van der Waals surface area contributed by atoms with Gasteiger partial charge in [-0.15, -0.1) is 0 Å². The maximum atomic E-state index is 15.0. The highest BCUT2D eigenvalue weighted by Gasteiger charge is 2.27. The highest BCUT2D eigenvalue weighted by molar-refractivity contribution is 6.01. The normalized spacial score (nSPS) is 19.0. The number of nitrogens with one attached hydrogen (secondary N) is 3. The van der Waals surface area contributed by atoms with E-state index >= 15 is 0 Å². The van der Waals surface area contributed by atoms with Crippen molar-refractivity contribution in [2.24, 2.45) is 5.73 Å². The topological polar surface area (TPSA) is 128 Å². The van der Waals surface area contributed by atoms with Crippen LogP contribution in [0.5, 0.6) is 0 Å². The number of likely N-dealkylation sites (N-methyl/N-ethyl adjacent to an activating group) is 1. The van der Waals surface area contributed by atoms with E-state index in [2.05, 4.69) is 49.5 Å². The van der Waals surface area contributed by atoms with E-state index in [0.29, 0.717) is 47.2 Å². The van der Waals surface area contributed by atoms with Crippen LogP contribution in [0.15, 0.2) is 48.7 Å². The van der Waals surface area contributed by atoms with E-state index in [0.717, 1.165) is 70.6 Å². The number of nitrogens with zero attached hydrogens (tertiary/aromatic N) is 5. The monoisotopic (exact) mass is 627 g/mol. The summed E-state index contributed by atoms with van der Waals surface area (Å²) in [5.41, 5.74) is 9.28. The van der Waals surface area contributed by atoms with Crippen molar-refractivity contribution in [2.45, 2.75) is 37.8 Å². The third-order valence-corrected chi connectivity index (χ3v) is 9.62. The number of hydrogen-bond acceptors (Lipinski definition) is 9. The molecule has 0 aliphatic carbocycles. The Bertz CT molecular complexity index is 1670. The number of carbonyl (C=O) groups is 1. The van der Waals surface area contributed by atoms with Crippen molar-refractivity contribution in [3.8, 4) is 11.3 Å². The predicted molar refractivity (Wildman–Crippen MR) is 179 cm³/mol. The van der Waals surface area contributed by atoms with Gasteiger partial charge in [0.2, 0.25) is 0 Å². The van der Waals surface area contributed by atoms with Crippen LogP contribution in [-0.2, 0) is 4.74 Å². The lowest BCUT2D eigenvalue weighted by molar-refractivity contribution is 0.0904. The first-order valence-corrected chi connectivity index (χ1v) is 16.3. The van der Waals surface area contributed by atoms with E-state index in [-0.39, 0.29) is 17.6 Å². The second-order valence-electron chi connectivity index (χ2n) is 12.6. The van der Waals surface area contributed by atoms with Gasteiger partial charge in [-0.3, -0.25) is 9.69 Å². The number of nitrogens with two attached hydrogens (primary N) is 1. The summed E-state index contributed by atoms with van der Waals surface area (Å²) in [6, 6.07) is 14.3. The van der Waals surface area contributed by atoms with Crippen molar-refractivity contribution in [3.63, 3.8) is 0 Å². The van der Waals surface area contributed by atoms with Gasteiger partial charge in [0.1, 0.15) is 11.5 Å². The molecule has 7 rings (SSSR count). The Morgan fingerprint density at radius 2 is 1.70 bits per heavy atom. The van der Waals surface area contributed by atoms with Gasteiger partial charge in [-0.25, -0.2) is 14.4 Å². The molecule has 0 atom stereocenters. The number of fused-ring (bicyclic) bond motifs is 1. The first kappa shape index (κ1) is 30.4. The SMILES string of the molecule is CN1CCN(C2CCN(c3ccc(Nc4nc(NC5CCOCC5)c(-c5cccc6[nH]cc(F)c56)nc4C(N)=O)cc3)CC2)CC1. The van der Waals surface area contributed by atoms with Gasteiger partial charge in [0, 0.05) is 98.6 Å². The molecule has 5 N–H and O–H groups in total. The van der Waals surface area contributed by atoms with Gasteiger partial charge in [-0.05, 0) is 63.1 Å². The average Bonchev–Trinajstić information content (AvgIpc) is 3.47. The molecule has 3 aliphatic heterocycles. The third kappa shape index (κ3) is 6.37. The Balaban J connectivity index is 1.13. The molecule has 11 nitrogen and oxygen atoms in total. The summed E-state index contributed by atoms with van der Waals surface area (Å²) in [7, 11) is 2.20. The van der Waals surface area contributed by atoms with E-state index < -0.39 is 11.7 Å². The molecule has 1 amide bonds. The molecule has 0 saturated carbocycles. The number of rotatable bonds is 8. The van der Waals surface area contributed by atoms with Crippen LogP contribution in [-0.4, -0.2) is 102 Å². The lowest BCUT2D eigenvalue weighted by atomic mass is 10.0. The van der Waals surface area contributed by atoms with E-state index in [1.165, 1.54) is 11.9 Å². The van der Waals surface area contributed by atoms with Gasteiger partial charge in [-0.1, -0.05) is 12.1 Å². The third-order valence-electron chi connectivity index (χ3n) is 9.62. The Hall–Kier alpha value is -4.26. The fourth-order valence-corrected chi connectivity index (χ4v) is 6.93. The lowest BCUT2D eigenvalue weighted by Crippen LogP contribution is -2.52. The predicted octanol–water partition coefficient (Wildman–Crippen LogP) is 4.41. The number of halogens is 1. The number of hydrogen-bond donors (Lipinski definition) is 4. The molecule has 0 unspecified atom stereocenters. The zero-order valence-corrected chi connectivity index (χ0v) is 26.3. The number of primary amides is 1. The summed E-state index contributed by atoms with van der Waals surface area (Å²) in [4.78, 5) is 32.8. The molecule has 0 bridgehead atoms. The van der Waals surface area contributed by atoms with Crippen molar-refractivity contribution in [2.75, 3.05) is 75.1 Å².